The van der Waals surface area contributed by atoms with Gasteiger partial charge in [-0.1, -0.05) is 64.8 Å². The van der Waals surface area contributed by atoms with Crippen molar-refractivity contribution in [1.82, 2.24) is 0 Å². The molecule has 112 valence electrons. The van der Waals surface area contributed by atoms with Crippen LogP contribution in [-0.4, -0.2) is 6.04 Å². The second-order valence-corrected chi connectivity index (χ2v) is 7.61. The molecule has 1 aliphatic carbocycles. The quantitative estimate of drug-likeness (QED) is 0.824. The fraction of sp³-hybridized carbons (Fsp3) is 0.684. The first kappa shape index (κ1) is 15.6. The molecule has 2 rings (SSSR count). The van der Waals surface area contributed by atoms with Crippen LogP contribution in [0.3, 0.4) is 0 Å². The van der Waals surface area contributed by atoms with Gasteiger partial charge in [-0.3, -0.25) is 0 Å². The molecule has 0 amide bonds. The molecule has 0 aliphatic heterocycles. The molecule has 0 bridgehead atoms. The third-order valence-electron chi connectivity index (χ3n) is 4.91. The summed E-state index contributed by atoms with van der Waals surface area (Å²) in [6, 6.07) is 9.58. The van der Waals surface area contributed by atoms with Crippen LogP contribution in [0.4, 0.5) is 0 Å². The van der Waals surface area contributed by atoms with Crippen molar-refractivity contribution >= 4 is 0 Å². The Kier molecular flexibility index (Phi) is 4.90. The summed E-state index contributed by atoms with van der Waals surface area (Å²) in [5, 5.41) is 0. The van der Waals surface area contributed by atoms with Crippen LogP contribution in [-0.2, 0) is 5.41 Å². The van der Waals surface area contributed by atoms with Gasteiger partial charge in [0.25, 0.3) is 0 Å². The van der Waals surface area contributed by atoms with E-state index in [1.165, 1.54) is 43.2 Å². The Morgan fingerprint density at radius 2 is 1.75 bits per heavy atom. The first-order valence-corrected chi connectivity index (χ1v) is 8.28. The van der Waals surface area contributed by atoms with Gasteiger partial charge in [-0.15, -0.1) is 0 Å². The average molecular weight is 273 g/mol. The molecule has 3 atom stereocenters. The lowest BCUT2D eigenvalue weighted by Gasteiger charge is -2.34. The molecule has 1 aromatic rings. The van der Waals surface area contributed by atoms with Crippen molar-refractivity contribution < 1.29 is 0 Å². The molecule has 0 aromatic heterocycles. The Hall–Kier alpha value is -0.820. The summed E-state index contributed by atoms with van der Waals surface area (Å²) in [4.78, 5) is 0. The summed E-state index contributed by atoms with van der Waals surface area (Å²) >= 11 is 0. The van der Waals surface area contributed by atoms with E-state index in [1.807, 2.05) is 0 Å². The van der Waals surface area contributed by atoms with Crippen LogP contribution in [0.15, 0.2) is 24.3 Å². The maximum atomic E-state index is 6.39. The highest BCUT2D eigenvalue weighted by molar-refractivity contribution is 5.30. The minimum atomic E-state index is 0.234. The van der Waals surface area contributed by atoms with Gasteiger partial charge in [0.1, 0.15) is 0 Å². The molecule has 1 saturated carbocycles. The Labute approximate surface area is 125 Å². The van der Waals surface area contributed by atoms with Crippen LogP contribution in [0, 0.1) is 5.92 Å². The van der Waals surface area contributed by atoms with Gasteiger partial charge in [0, 0.05) is 6.04 Å². The third-order valence-corrected chi connectivity index (χ3v) is 4.91. The summed E-state index contributed by atoms with van der Waals surface area (Å²) in [6.45, 7) is 9.10. The van der Waals surface area contributed by atoms with E-state index in [4.69, 9.17) is 5.73 Å². The van der Waals surface area contributed by atoms with Crippen molar-refractivity contribution in [3.05, 3.63) is 35.4 Å². The summed E-state index contributed by atoms with van der Waals surface area (Å²) in [5.74, 6) is 1.45. The van der Waals surface area contributed by atoms with Gasteiger partial charge in [-0.2, -0.15) is 0 Å². The normalized spacial score (nSPS) is 27.6. The number of hydrogen-bond acceptors (Lipinski definition) is 1. The molecule has 0 spiro atoms. The monoisotopic (exact) mass is 273 g/mol. The molecule has 0 saturated heterocycles. The second kappa shape index (κ2) is 6.30. The Bertz CT molecular complexity index is 412. The van der Waals surface area contributed by atoms with Gasteiger partial charge < -0.3 is 5.73 Å². The van der Waals surface area contributed by atoms with Gasteiger partial charge in [-0.25, -0.2) is 0 Å². The standard InChI is InChI=1S/C19H31N/c1-5-6-14-7-12-18(20)17(13-14)15-8-10-16(11-9-15)19(2,3)4/h8-11,14,17-18H,5-7,12-13,20H2,1-4H3. The van der Waals surface area contributed by atoms with Gasteiger partial charge in [-0.05, 0) is 47.6 Å². The largest absolute Gasteiger partial charge is 0.327 e. The molecule has 0 heterocycles. The van der Waals surface area contributed by atoms with Crippen molar-refractivity contribution in [1.29, 1.82) is 0 Å². The van der Waals surface area contributed by atoms with E-state index in [9.17, 15) is 0 Å². The highest BCUT2D eigenvalue weighted by atomic mass is 14.7. The second-order valence-electron chi connectivity index (χ2n) is 7.61. The van der Waals surface area contributed by atoms with Crippen LogP contribution in [0.1, 0.15) is 76.8 Å². The van der Waals surface area contributed by atoms with Crippen LogP contribution in [0.25, 0.3) is 0 Å². The lowest BCUT2D eigenvalue weighted by molar-refractivity contribution is 0.274. The minimum Gasteiger partial charge on any atom is -0.327 e. The summed E-state index contributed by atoms with van der Waals surface area (Å²) in [5.41, 5.74) is 9.49. The SMILES string of the molecule is CCCC1CCC(N)C(c2ccc(C(C)(C)C)cc2)C1. The highest BCUT2D eigenvalue weighted by Crippen LogP contribution is 2.38. The fourth-order valence-electron chi connectivity index (χ4n) is 3.57. The van der Waals surface area contributed by atoms with Crippen LogP contribution < -0.4 is 5.73 Å². The summed E-state index contributed by atoms with van der Waals surface area (Å²) in [7, 11) is 0. The van der Waals surface area contributed by atoms with Crippen LogP contribution in [0.2, 0.25) is 0 Å². The third kappa shape index (κ3) is 3.63. The van der Waals surface area contributed by atoms with Gasteiger partial charge in [0.05, 0.1) is 0 Å². The Morgan fingerprint density at radius 3 is 2.30 bits per heavy atom. The number of hydrogen-bond donors (Lipinski definition) is 1. The van der Waals surface area contributed by atoms with Crippen molar-refractivity contribution in [2.24, 2.45) is 11.7 Å². The molecule has 0 radical (unpaired) electrons. The highest BCUT2D eigenvalue weighted by Gasteiger charge is 2.29. The molecule has 3 unspecified atom stereocenters. The smallest absolute Gasteiger partial charge is 0.0108 e. The molecule has 1 nitrogen and oxygen atoms in total. The van der Waals surface area contributed by atoms with Gasteiger partial charge >= 0.3 is 0 Å². The molecule has 1 heteroatoms. The van der Waals surface area contributed by atoms with E-state index in [2.05, 4.69) is 52.0 Å². The number of rotatable bonds is 3. The van der Waals surface area contributed by atoms with E-state index in [1.54, 1.807) is 0 Å². The van der Waals surface area contributed by atoms with E-state index in [0.717, 1.165) is 5.92 Å². The maximum Gasteiger partial charge on any atom is 0.0108 e. The topological polar surface area (TPSA) is 26.0 Å². The molecule has 1 aliphatic rings. The van der Waals surface area contributed by atoms with E-state index in [0.29, 0.717) is 12.0 Å². The Balaban J connectivity index is 2.13. The molecular formula is C19H31N. The van der Waals surface area contributed by atoms with Crippen molar-refractivity contribution in [3.63, 3.8) is 0 Å². The fourth-order valence-corrected chi connectivity index (χ4v) is 3.57. The van der Waals surface area contributed by atoms with E-state index >= 15 is 0 Å². The summed E-state index contributed by atoms with van der Waals surface area (Å²) in [6.07, 6.45) is 6.46. The lowest BCUT2D eigenvalue weighted by Crippen LogP contribution is -2.34. The summed E-state index contributed by atoms with van der Waals surface area (Å²) < 4.78 is 0. The van der Waals surface area contributed by atoms with E-state index in [-0.39, 0.29) is 5.41 Å². The predicted molar refractivity (Wildman–Crippen MR) is 88.1 cm³/mol. The lowest BCUT2D eigenvalue weighted by atomic mass is 9.73. The van der Waals surface area contributed by atoms with Crippen molar-refractivity contribution in [2.75, 3.05) is 0 Å². The zero-order chi connectivity index (χ0) is 14.8. The van der Waals surface area contributed by atoms with Gasteiger partial charge in [0.2, 0.25) is 0 Å². The van der Waals surface area contributed by atoms with Crippen LogP contribution >= 0.6 is 0 Å². The number of benzene rings is 1. The first-order chi connectivity index (χ1) is 9.41. The molecule has 1 fully saturated rings. The maximum absolute atomic E-state index is 6.39. The predicted octanol–water partition coefficient (Wildman–Crippen LogP) is 5.00. The molecule has 1 aromatic carbocycles. The zero-order valence-corrected chi connectivity index (χ0v) is 13.7. The Morgan fingerprint density at radius 1 is 1.10 bits per heavy atom. The van der Waals surface area contributed by atoms with Crippen molar-refractivity contribution in [2.45, 2.75) is 77.2 Å². The minimum absolute atomic E-state index is 0.234. The van der Waals surface area contributed by atoms with Gasteiger partial charge in [0.15, 0.2) is 0 Å². The van der Waals surface area contributed by atoms with Crippen molar-refractivity contribution in [3.8, 4) is 0 Å². The molecule has 20 heavy (non-hydrogen) atoms. The van der Waals surface area contributed by atoms with Crippen LogP contribution in [0.5, 0.6) is 0 Å². The average Bonchev–Trinajstić information content (AvgIpc) is 2.40. The zero-order valence-electron chi connectivity index (χ0n) is 13.7. The molecule has 2 N–H and O–H groups in total. The molecular weight excluding hydrogens is 242 g/mol. The number of nitrogens with two attached hydrogens (primary N) is 1. The van der Waals surface area contributed by atoms with E-state index < -0.39 is 0 Å². The first-order valence-electron chi connectivity index (χ1n) is 8.28.